The molecule has 0 radical (unpaired) electrons. The minimum absolute atomic E-state index is 0.0665. The lowest BCUT2D eigenvalue weighted by molar-refractivity contribution is 0.0868. The molecule has 0 saturated heterocycles. The number of Topliss-reactive ketones (excluding diaryl/α,β-unsaturated/α-hetero) is 1. The maximum atomic E-state index is 12.2. The average molecular weight is 306 g/mol. The van der Waals surface area contributed by atoms with Crippen molar-refractivity contribution in [3.63, 3.8) is 0 Å². The van der Waals surface area contributed by atoms with Crippen LogP contribution in [0.4, 0.5) is 0 Å². The summed E-state index contributed by atoms with van der Waals surface area (Å²) in [5, 5.41) is 17.4. The van der Waals surface area contributed by atoms with Gasteiger partial charge in [0.25, 0.3) is 0 Å². The molecule has 0 aliphatic heterocycles. The molecule has 0 bridgehead atoms. The van der Waals surface area contributed by atoms with Crippen LogP contribution in [0.25, 0.3) is 0 Å². The highest BCUT2D eigenvalue weighted by Gasteiger charge is 2.21. The van der Waals surface area contributed by atoms with Gasteiger partial charge in [0.05, 0.1) is 31.3 Å². The maximum absolute atomic E-state index is 12.2. The second-order valence-corrected chi connectivity index (χ2v) is 4.68. The lowest BCUT2D eigenvalue weighted by Crippen LogP contribution is -2.39. The normalized spacial score (nSPS) is 11.6. The first-order valence-electron chi connectivity index (χ1n) is 5.38. The summed E-state index contributed by atoms with van der Waals surface area (Å²) in [6.45, 7) is 1.84. The molecule has 1 aromatic rings. The SMILES string of the molecule is CC(C(=O)c1ccc(Br)cc1)N(CC#N)CC#N. The Hall–Kier alpha value is -1.69. The third kappa shape index (κ3) is 3.66. The molecule has 0 fully saturated rings. The molecule has 1 rings (SSSR count). The van der Waals surface area contributed by atoms with Gasteiger partial charge in [-0.25, -0.2) is 0 Å². The fraction of sp³-hybridized carbons (Fsp3) is 0.308. The van der Waals surface area contributed by atoms with Gasteiger partial charge in [0.1, 0.15) is 0 Å². The Labute approximate surface area is 115 Å². The summed E-state index contributed by atoms with van der Waals surface area (Å²) in [4.78, 5) is 13.7. The van der Waals surface area contributed by atoms with Gasteiger partial charge in [0.2, 0.25) is 0 Å². The molecule has 0 saturated carbocycles. The molecule has 0 heterocycles. The zero-order chi connectivity index (χ0) is 13.5. The number of nitriles is 2. The third-order valence-electron chi connectivity index (χ3n) is 2.60. The van der Waals surface area contributed by atoms with Crippen molar-refractivity contribution in [1.29, 1.82) is 10.5 Å². The summed E-state index contributed by atoms with van der Waals surface area (Å²) < 4.78 is 0.901. The fourth-order valence-corrected chi connectivity index (χ4v) is 1.80. The summed E-state index contributed by atoms with van der Waals surface area (Å²) in [5.74, 6) is -0.0898. The van der Waals surface area contributed by atoms with E-state index in [1.807, 2.05) is 12.1 Å². The second-order valence-electron chi connectivity index (χ2n) is 3.77. The van der Waals surface area contributed by atoms with E-state index < -0.39 is 6.04 Å². The molecule has 0 aliphatic rings. The molecular weight excluding hydrogens is 294 g/mol. The molecule has 0 spiro atoms. The van der Waals surface area contributed by atoms with Crippen LogP contribution in [-0.2, 0) is 0 Å². The lowest BCUT2D eigenvalue weighted by atomic mass is 10.0. The van der Waals surface area contributed by atoms with Crippen LogP contribution < -0.4 is 0 Å². The summed E-state index contributed by atoms with van der Waals surface area (Å²) in [7, 11) is 0. The van der Waals surface area contributed by atoms with Crippen LogP contribution in [0.5, 0.6) is 0 Å². The van der Waals surface area contributed by atoms with Gasteiger partial charge in [-0.1, -0.05) is 28.1 Å². The van der Waals surface area contributed by atoms with Crippen molar-refractivity contribution in [2.24, 2.45) is 0 Å². The quantitative estimate of drug-likeness (QED) is 0.618. The van der Waals surface area contributed by atoms with Gasteiger partial charge < -0.3 is 0 Å². The van der Waals surface area contributed by atoms with Crippen molar-refractivity contribution < 1.29 is 4.79 Å². The van der Waals surface area contributed by atoms with Gasteiger partial charge in [0.15, 0.2) is 5.78 Å². The van der Waals surface area contributed by atoms with E-state index in [-0.39, 0.29) is 18.9 Å². The van der Waals surface area contributed by atoms with E-state index in [1.165, 1.54) is 0 Å². The number of nitrogens with zero attached hydrogens (tertiary/aromatic N) is 3. The minimum Gasteiger partial charge on any atom is -0.292 e. The first kappa shape index (κ1) is 14.4. The lowest BCUT2D eigenvalue weighted by Gasteiger charge is -2.22. The van der Waals surface area contributed by atoms with E-state index in [2.05, 4.69) is 15.9 Å². The molecule has 1 atom stereocenters. The molecule has 5 heteroatoms. The second kappa shape index (κ2) is 6.90. The number of carbonyl (C=O) groups excluding carboxylic acids is 1. The summed E-state index contributed by atoms with van der Waals surface area (Å²) >= 11 is 3.30. The Morgan fingerprint density at radius 3 is 2.22 bits per heavy atom. The monoisotopic (exact) mass is 305 g/mol. The Morgan fingerprint density at radius 1 is 1.28 bits per heavy atom. The van der Waals surface area contributed by atoms with E-state index in [1.54, 1.807) is 36.1 Å². The van der Waals surface area contributed by atoms with Crippen LogP contribution >= 0.6 is 15.9 Å². The third-order valence-corrected chi connectivity index (χ3v) is 3.13. The average Bonchev–Trinajstić information content (AvgIpc) is 2.38. The minimum atomic E-state index is -0.481. The van der Waals surface area contributed by atoms with Crippen LogP contribution in [0, 0.1) is 22.7 Å². The van der Waals surface area contributed by atoms with Gasteiger partial charge in [0, 0.05) is 10.0 Å². The molecule has 0 aromatic heterocycles. The van der Waals surface area contributed by atoms with Gasteiger partial charge in [-0.3, -0.25) is 9.69 Å². The van der Waals surface area contributed by atoms with Crippen molar-refractivity contribution in [1.82, 2.24) is 4.90 Å². The van der Waals surface area contributed by atoms with Gasteiger partial charge >= 0.3 is 0 Å². The number of ketones is 1. The molecule has 92 valence electrons. The zero-order valence-electron chi connectivity index (χ0n) is 9.93. The van der Waals surface area contributed by atoms with E-state index in [0.29, 0.717) is 5.56 Å². The number of carbonyl (C=O) groups is 1. The number of rotatable bonds is 5. The van der Waals surface area contributed by atoms with Crippen molar-refractivity contribution in [2.75, 3.05) is 13.1 Å². The first-order chi connectivity index (χ1) is 8.60. The molecule has 1 unspecified atom stereocenters. The number of benzene rings is 1. The largest absolute Gasteiger partial charge is 0.292 e. The first-order valence-corrected chi connectivity index (χ1v) is 6.17. The standard InChI is InChI=1S/C13H12BrN3O/c1-10(17(8-6-15)9-7-16)13(18)11-2-4-12(14)5-3-11/h2-5,10H,8-9H2,1H3. The molecule has 0 N–H and O–H groups in total. The van der Waals surface area contributed by atoms with Crippen LogP contribution in [-0.4, -0.2) is 29.8 Å². The molecule has 4 nitrogen and oxygen atoms in total. The molecule has 1 aromatic carbocycles. The molecule has 0 amide bonds. The molecule has 0 aliphatic carbocycles. The van der Waals surface area contributed by atoms with Gasteiger partial charge in [-0.05, 0) is 19.1 Å². The van der Waals surface area contributed by atoms with Gasteiger partial charge in [-0.15, -0.1) is 0 Å². The number of hydrogen-bond acceptors (Lipinski definition) is 4. The highest BCUT2D eigenvalue weighted by Crippen LogP contribution is 2.13. The maximum Gasteiger partial charge on any atom is 0.179 e. The van der Waals surface area contributed by atoms with Crippen LogP contribution in [0.15, 0.2) is 28.7 Å². The van der Waals surface area contributed by atoms with Crippen LogP contribution in [0.2, 0.25) is 0 Å². The number of halogens is 1. The smallest absolute Gasteiger partial charge is 0.179 e. The van der Waals surface area contributed by atoms with Crippen LogP contribution in [0.1, 0.15) is 17.3 Å². The summed E-state index contributed by atoms with van der Waals surface area (Å²) in [6, 6.07) is 10.5. The van der Waals surface area contributed by atoms with Gasteiger partial charge in [-0.2, -0.15) is 10.5 Å². The Bertz CT molecular complexity index is 482. The Balaban J connectivity index is 2.85. The van der Waals surface area contributed by atoms with E-state index >= 15 is 0 Å². The topological polar surface area (TPSA) is 67.9 Å². The van der Waals surface area contributed by atoms with Crippen molar-refractivity contribution in [3.05, 3.63) is 34.3 Å². The summed E-state index contributed by atoms with van der Waals surface area (Å²) in [5.41, 5.74) is 0.576. The number of hydrogen-bond donors (Lipinski definition) is 0. The van der Waals surface area contributed by atoms with E-state index in [4.69, 9.17) is 10.5 Å². The Kier molecular flexibility index (Phi) is 5.51. The highest BCUT2D eigenvalue weighted by molar-refractivity contribution is 9.10. The fourth-order valence-electron chi connectivity index (χ4n) is 1.53. The van der Waals surface area contributed by atoms with Crippen molar-refractivity contribution in [3.8, 4) is 12.1 Å². The highest BCUT2D eigenvalue weighted by atomic mass is 79.9. The Morgan fingerprint density at radius 2 is 1.78 bits per heavy atom. The predicted molar refractivity (Wildman–Crippen MR) is 70.7 cm³/mol. The zero-order valence-corrected chi connectivity index (χ0v) is 11.5. The summed E-state index contributed by atoms with van der Waals surface area (Å²) in [6.07, 6.45) is 0. The van der Waals surface area contributed by atoms with E-state index in [0.717, 1.165) is 4.47 Å². The van der Waals surface area contributed by atoms with E-state index in [9.17, 15) is 4.79 Å². The molecule has 18 heavy (non-hydrogen) atoms. The predicted octanol–water partition coefficient (Wildman–Crippen LogP) is 2.37. The van der Waals surface area contributed by atoms with Crippen LogP contribution in [0.3, 0.4) is 0 Å². The van der Waals surface area contributed by atoms with Crippen molar-refractivity contribution >= 4 is 21.7 Å². The molecular formula is C13H12BrN3O. The van der Waals surface area contributed by atoms with Crippen molar-refractivity contribution in [2.45, 2.75) is 13.0 Å².